The van der Waals surface area contributed by atoms with E-state index in [2.05, 4.69) is 0 Å². The lowest BCUT2D eigenvalue weighted by Gasteiger charge is -2.36. The standard InChI is InChI=1S/C19H29FN2O3/c1-11-6-14(7-12(2)25-11)16(19(22)24)10-18(23)17(21)9-13-4-3-5-15(20)8-13/h3-5,8,11-12,14,16-18,23H,6-7,9-10,21H2,1-2H3,(H2,22,24). The van der Waals surface area contributed by atoms with Gasteiger partial charge in [-0.3, -0.25) is 4.79 Å². The molecular weight excluding hydrogens is 323 g/mol. The van der Waals surface area contributed by atoms with E-state index in [9.17, 15) is 14.3 Å². The van der Waals surface area contributed by atoms with E-state index < -0.39 is 24.0 Å². The number of aliphatic hydroxyl groups is 1. The molecule has 140 valence electrons. The molecule has 1 saturated heterocycles. The lowest BCUT2D eigenvalue weighted by molar-refractivity contribution is -0.129. The van der Waals surface area contributed by atoms with Crippen molar-refractivity contribution in [1.82, 2.24) is 0 Å². The van der Waals surface area contributed by atoms with Gasteiger partial charge in [0.1, 0.15) is 5.82 Å². The van der Waals surface area contributed by atoms with Crippen LogP contribution in [0.25, 0.3) is 0 Å². The summed E-state index contributed by atoms with van der Waals surface area (Å²) in [4.78, 5) is 12.0. The molecule has 0 aromatic heterocycles. The minimum absolute atomic E-state index is 0.0636. The third-order valence-electron chi connectivity index (χ3n) is 5.02. The fraction of sp³-hybridized carbons (Fsp3) is 0.632. The van der Waals surface area contributed by atoms with E-state index in [0.29, 0.717) is 6.42 Å². The molecule has 1 aromatic carbocycles. The van der Waals surface area contributed by atoms with Gasteiger partial charge in [0.25, 0.3) is 0 Å². The van der Waals surface area contributed by atoms with Gasteiger partial charge in [0.2, 0.25) is 5.91 Å². The van der Waals surface area contributed by atoms with Crippen LogP contribution in [0.4, 0.5) is 4.39 Å². The van der Waals surface area contributed by atoms with Crippen LogP contribution in [0.5, 0.6) is 0 Å². The minimum Gasteiger partial charge on any atom is -0.391 e. The molecule has 0 aliphatic carbocycles. The zero-order chi connectivity index (χ0) is 18.6. The van der Waals surface area contributed by atoms with Crippen LogP contribution in [0.15, 0.2) is 24.3 Å². The van der Waals surface area contributed by atoms with Crippen LogP contribution in [-0.2, 0) is 16.0 Å². The third-order valence-corrected chi connectivity index (χ3v) is 5.02. The molecule has 1 fully saturated rings. The van der Waals surface area contributed by atoms with Gasteiger partial charge in [-0.1, -0.05) is 12.1 Å². The largest absolute Gasteiger partial charge is 0.391 e. The number of carbonyl (C=O) groups excluding carboxylic acids is 1. The van der Waals surface area contributed by atoms with Crippen molar-refractivity contribution in [2.24, 2.45) is 23.3 Å². The van der Waals surface area contributed by atoms with Gasteiger partial charge in [0, 0.05) is 12.0 Å². The van der Waals surface area contributed by atoms with E-state index in [1.807, 2.05) is 13.8 Å². The minimum atomic E-state index is -0.880. The Hall–Kier alpha value is -1.50. The Kier molecular flexibility index (Phi) is 6.93. The normalized spacial score (nSPS) is 27.5. The Bertz CT molecular complexity index is 574. The first-order valence-corrected chi connectivity index (χ1v) is 8.89. The van der Waals surface area contributed by atoms with Crippen molar-refractivity contribution >= 4 is 5.91 Å². The van der Waals surface area contributed by atoms with E-state index in [-0.39, 0.29) is 30.4 Å². The second-order valence-electron chi connectivity index (χ2n) is 7.30. The number of primary amides is 1. The topological polar surface area (TPSA) is 98.6 Å². The number of benzene rings is 1. The SMILES string of the molecule is CC1CC(C(CC(O)C(N)Cc2cccc(F)c2)C(N)=O)CC(C)O1. The monoisotopic (exact) mass is 352 g/mol. The molecule has 1 heterocycles. The van der Waals surface area contributed by atoms with Crippen LogP contribution in [0.2, 0.25) is 0 Å². The van der Waals surface area contributed by atoms with Crippen molar-refractivity contribution in [1.29, 1.82) is 0 Å². The number of ether oxygens (including phenoxy) is 1. The average molecular weight is 352 g/mol. The maximum atomic E-state index is 13.3. The van der Waals surface area contributed by atoms with E-state index >= 15 is 0 Å². The van der Waals surface area contributed by atoms with Crippen LogP contribution >= 0.6 is 0 Å². The van der Waals surface area contributed by atoms with Crippen LogP contribution in [-0.4, -0.2) is 35.4 Å². The summed E-state index contributed by atoms with van der Waals surface area (Å²) >= 11 is 0. The molecular formula is C19H29FN2O3. The summed E-state index contributed by atoms with van der Waals surface area (Å²) in [5.74, 6) is -1.11. The van der Waals surface area contributed by atoms with Gasteiger partial charge in [-0.2, -0.15) is 0 Å². The van der Waals surface area contributed by atoms with Gasteiger partial charge >= 0.3 is 0 Å². The molecule has 0 bridgehead atoms. The highest BCUT2D eigenvalue weighted by atomic mass is 19.1. The Morgan fingerprint density at radius 2 is 2.00 bits per heavy atom. The zero-order valence-corrected chi connectivity index (χ0v) is 14.9. The van der Waals surface area contributed by atoms with Gasteiger partial charge in [-0.15, -0.1) is 0 Å². The second-order valence-corrected chi connectivity index (χ2v) is 7.30. The second kappa shape index (κ2) is 8.74. The summed E-state index contributed by atoms with van der Waals surface area (Å²) in [5, 5.41) is 10.5. The molecule has 5 atom stereocenters. The van der Waals surface area contributed by atoms with Crippen molar-refractivity contribution in [3.05, 3.63) is 35.6 Å². The predicted octanol–water partition coefficient (Wildman–Crippen LogP) is 1.75. The molecule has 0 radical (unpaired) electrons. The van der Waals surface area contributed by atoms with Gasteiger partial charge in [-0.05, 0) is 63.1 Å². The highest BCUT2D eigenvalue weighted by Gasteiger charge is 2.35. The summed E-state index contributed by atoms with van der Waals surface area (Å²) in [6.07, 6.45) is 1.28. The Morgan fingerprint density at radius 1 is 1.36 bits per heavy atom. The Balaban J connectivity index is 1.99. The Labute approximate surface area is 148 Å². The van der Waals surface area contributed by atoms with Crippen LogP contribution in [0, 0.1) is 17.7 Å². The molecule has 1 amide bonds. The van der Waals surface area contributed by atoms with Crippen molar-refractivity contribution in [3.63, 3.8) is 0 Å². The number of hydrogen-bond acceptors (Lipinski definition) is 4. The molecule has 25 heavy (non-hydrogen) atoms. The fourth-order valence-corrected chi connectivity index (χ4v) is 3.83. The fourth-order valence-electron chi connectivity index (χ4n) is 3.83. The van der Waals surface area contributed by atoms with Crippen LogP contribution in [0.3, 0.4) is 0 Å². The lowest BCUT2D eigenvalue weighted by Crippen LogP contribution is -2.44. The molecule has 2 rings (SSSR count). The highest BCUT2D eigenvalue weighted by Crippen LogP contribution is 2.33. The maximum absolute atomic E-state index is 13.3. The van der Waals surface area contributed by atoms with Crippen LogP contribution in [0.1, 0.15) is 38.7 Å². The summed E-state index contributed by atoms with van der Waals surface area (Å²) in [5.41, 5.74) is 12.4. The smallest absolute Gasteiger partial charge is 0.220 e. The van der Waals surface area contributed by atoms with E-state index in [0.717, 1.165) is 18.4 Å². The lowest BCUT2D eigenvalue weighted by atomic mass is 9.77. The van der Waals surface area contributed by atoms with Crippen LogP contribution < -0.4 is 11.5 Å². The zero-order valence-electron chi connectivity index (χ0n) is 14.9. The number of halogens is 1. The summed E-state index contributed by atoms with van der Waals surface area (Å²) < 4.78 is 19.0. The van der Waals surface area contributed by atoms with E-state index in [1.54, 1.807) is 12.1 Å². The first kappa shape index (κ1) is 19.8. The maximum Gasteiger partial charge on any atom is 0.220 e. The molecule has 5 nitrogen and oxygen atoms in total. The molecule has 0 spiro atoms. The number of carbonyl (C=O) groups is 1. The first-order chi connectivity index (χ1) is 11.8. The number of nitrogens with two attached hydrogens (primary N) is 2. The first-order valence-electron chi connectivity index (χ1n) is 8.89. The van der Waals surface area contributed by atoms with Gasteiger partial charge < -0.3 is 21.3 Å². The van der Waals surface area contributed by atoms with Crippen molar-refractivity contribution < 1.29 is 19.0 Å². The van der Waals surface area contributed by atoms with Crippen molar-refractivity contribution in [3.8, 4) is 0 Å². The number of rotatable bonds is 7. The molecule has 5 unspecified atom stereocenters. The molecule has 0 saturated carbocycles. The summed E-state index contributed by atoms with van der Waals surface area (Å²) in [7, 11) is 0. The third kappa shape index (κ3) is 5.76. The quantitative estimate of drug-likeness (QED) is 0.696. The number of hydrogen-bond donors (Lipinski definition) is 3. The molecule has 5 N–H and O–H groups in total. The van der Waals surface area contributed by atoms with Crippen molar-refractivity contribution in [2.45, 2.75) is 63.9 Å². The van der Waals surface area contributed by atoms with Gasteiger partial charge in [0.05, 0.1) is 18.3 Å². The molecule has 1 aromatic rings. The van der Waals surface area contributed by atoms with Gasteiger partial charge in [0.15, 0.2) is 0 Å². The molecule has 1 aliphatic heterocycles. The highest BCUT2D eigenvalue weighted by molar-refractivity contribution is 5.77. The van der Waals surface area contributed by atoms with Gasteiger partial charge in [-0.25, -0.2) is 4.39 Å². The summed E-state index contributed by atoms with van der Waals surface area (Å²) in [6.45, 7) is 3.96. The molecule has 1 aliphatic rings. The Morgan fingerprint density at radius 3 is 2.56 bits per heavy atom. The van der Waals surface area contributed by atoms with Crippen molar-refractivity contribution in [2.75, 3.05) is 0 Å². The van der Waals surface area contributed by atoms with E-state index in [1.165, 1.54) is 12.1 Å². The number of aliphatic hydroxyl groups excluding tert-OH is 1. The predicted molar refractivity (Wildman–Crippen MR) is 94.1 cm³/mol. The molecule has 6 heteroatoms. The summed E-state index contributed by atoms with van der Waals surface area (Å²) in [6, 6.07) is 5.56. The van der Waals surface area contributed by atoms with E-state index in [4.69, 9.17) is 16.2 Å². The average Bonchev–Trinajstić information content (AvgIpc) is 2.50. The number of amides is 1.